The molecule has 0 radical (unpaired) electrons. The second kappa shape index (κ2) is 7.01. The zero-order chi connectivity index (χ0) is 18.0. The minimum Gasteiger partial charge on any atom is -0.476 e. The Hall–Kier alpha value is -1.75. The van der Waals surface area contributed by atoms with Crippen molar-refractivity contribution in [1.29, 1.82) is 0 Å². The van der Waals surface area contributed by atoms with Gasteiger partial charge in [0.05, 0.1) is 0 Å². The van der Waals surface area contributed by atoms with Gasteiger partial charge in [-0.15, -0.1) is 0 Å². The molecule has 0 spiro atoms. The van der Waals surface area contributed by atoms with Gasteiger partial charge in [-0.05, 0) is 59.6 Å². The molecule has 1 aromatic rings. The number of rotatable bonds is 4. The van der Waals surface area contributed by atoms with Gasteiger partial charge in [-0.1, -0.05) is 6.07 Å². The van der Waals surface area contributed by atoms with E-state index in [9.17, 15) is 4.79 Å². The molecule has 1 atom stereocenters. The normalized spacial score (nSPS) is 19.1. The first kappa shape index (κ1) is 18.6. The first-order valence-electron chi connectivity index (χ1n) is 8.60. The smallest absolute Gasteiger partial charge is 0.350 e. The highest BCUT2D eigenvalue weighted by Gasteiger charge is 2.35. The van der Waals surface area contributed by atoms with E-state index in [1.165, 1.54) is 0 Å². The highest BCUT2D eigenvalue weighted by Crippen LogP contribution is 2.27. The fourth-order valence-electron chi connectivity index (χ4n) is 2.73. The van der Waals surface area contributed by atoms with Gasteiger partial charge >= 0.3 is 5.97 Å². The van der Waals surface area contributed by atoms with Crippen LogP contribution in [0.2, 0.25) is 0 Å². The molecule has 0 saturated carbocycles. The van der Waals surface area contributed by atoms with Crippen molar-refractivity contribution in [2.24, 2.45) is 5.73 Å². The Balaban J connectivity index is 2.09. The van der Waals surface area contributed by atoms with Crippen LogP contribution in [0.5, 0.6) is 5.75 Å². The molecule has 0 amide bonds. The molecule has 24 heavy (non-hydrogen) atoms. The summed E-state index contributed by atoms with van der Waals surface area (Å²) in [4.78, 5) is 14.6. The summed E-state index contributed by atoms with van der Waals surface area (Å²) in [6.07, 6.45) is 2.16. The van der Waals surface area contributed by atoms with E-state index in [1.807, 2.05) is 45.0 Å². The lowest BCUT2D eigenvalue weighted by Gasteiger charge is -2.33. The second-order valence-electron chi connectivity index (χ2n) is 7.96. The first-order chi connectivity index (χ1) is 11.1. The fourth-order valence-corrected chi connectivity index (χ4v) is 2.73. The van der Waals surface area contributed by atoms with Crippen LogP contribution in [0.1, 0.15) is 47.5 Å². The van der Waals surface area contributed by atoms with Crippen LogP contribution in [0.25, 0.3) is 0 Å². The zero-order valence-electron chi connectivity index (χ0n) is 15.5. The molecule has 2 rings (SSSR count). The van der Waals surface area contributed by atoms with Gasteiger partial charge in [-0.3, -0.25) is 0 Å². The van der Waals surface area contributed by atoms with E-state index in [0.29, 0.717) is 5.75 Å². The van der Waals surface area contributed by atoms with E-state index < -0.39 is 11.2 Å². The van der Waals surface area contributed by atoms with Crippen molar-refractivity contribution in [3.63, 3.8) is 0 Å². The van der Waals surface area contributed by atoms with Crippen LogP contribution in [0, 0.1) is 0 Å². The number of carbonyl (C=O) groups is 1. The van der Waals surface area contributed by atoms with E-state index in [-0.39, 0.29) is 12.0 Å². The Bertz CT molecular complexity index is 578. The number of nitrogens with zero attached hydrogens (tertiary/aromatic N) is 1. The van der Waals surface area contributed by atoms with E-state index in [1.54, 1.807) is 13.8 Å². The van der Waals surface area contributed by atoms with Gasteiger partial charge in [0, 0.05) is 30.9 Å². The summed E-state index contributed by atoms with van der Waals surface area (Å²) >= 11 is 0. The topological polar surface area (TPSA) is 64.8 Å². The summed E-state index contributed by atoms with van der Waals surface area (Å²) in [6.45, 7) is 10.8. The van der Waals surface area contributed by atoms with Crippen LogP contribution < -0.4 is 15.4 Å². The second-order valence-corrected chi connectivity index (χ2v) is 7.96. The standard InChI is InChI=1S/C19H30N2O3/c1-18(2,3)24-17(22)19(4,5)23-16-10-6-9-15(12-16)21-11-7-8-14(20)13-21/h6,9-10,12,14H,7-8,11,13,20H2,1-5H3/t14-/m1/s1. The van der Waals surface area contributed by atoms with Crippen molar-refractivity contribution in [1.82, 2.24) is 0 Å². The highest BCUT2D eigenvalue weighted by molar-refractivity contribution is 5.79. The summed E-state index contributed by atoms with van der Waals surface area (Å²) in [5.41, 5.74) is 5.55. The van der Waals surface area contributed by atoms with Crippen molar-refractivity contribution in [3.8, 4) is 5.75 Å². The molecular weight excluding hydrogens is 304 g/mol. The molecule has 5 heteroatoms. The van der Waals surface area contributed by atoms with Gasteiger partial charge in [0.2, 0.25) is 0 Å². The maximum absolute atomic E-state index is 12.3. The molecule has 1 heterocycles. The summed E-state index contributed by atoms with van der Waals surface area (Å²) < 4.78 is 11.4. The fraction of sp³-hybridized carbons (Fsp3) is 0.632. The average Bonchev–Trinajstić information content (AvgIpc) is 2.45. The predicted molar refractivity (Wildman–Crippen MR) is 96.4 cm³/mol. The average molecular weight is 334 g/mol. The number of esters is 1. The van der Waals surface area contributed by atoms with Crippen molar-refractivity contribution >= 4 is 11.7 Å². The highest BCUT2D eigenvalue weighted by atomic mass is 16.6. The maximum Gasteiger partial charge on any atom is 0.350 e. The molecule has 5 nitrogen and oxygen atoms in total. The number of nitrogens with two attached hydrogens (primary N) is 1. The minimum atomic E-state index is -1.05. The molecule has 1 aliphatic heterocycles. The Morgan fingerprint density at radius 3 is 2.58 bits per heavy atom. The number of piperidine rings is 1. The molecule has 1 fully saturated rings. The van der Waals surface area contributed by atoms with Crippen molar-refractivity contribution in [3.05, 3.63) is 24.3 Å². The lowest BCUT2D eigenvalue weighted by Crippen LogP contribution is -2.43. The van der Waals surface area contributed by atoms with E-state index in [4.69, 9.17) is 15.2 Å². The third-order valence-electron chi connectivity index (χ3n) is 3.90. The Morgan fingerprint density at radius 2 is 1.96 bits per heavy atom. The summed E-state index contributed by atoms with van der Waals surface area (Å²) in [5, 5.41) is 0. The molecule has 0 unspecified atom stereocenters. The largest absolute Gasteiger partial charge is 0.476 e. The van der Waals surface area contributed by atoms with Gasteiger partial charge in [-0.2, -0.15) is 0 Å². The summed E-state index contributed by atoms with van der Waals surface area (Å²) in [7, 11) is 0. The molecule has 1 aliphatic rings. The SMILES string of the molecule is CC(C)(C)OC(=O)C(C)(C)Oc1cccc(N2CCC[C@@H](N)C2)c1. The molecular formula is C19H30N2O3. The van der Waals surface area contributed by atoms with Gasteiger partial charge in [0.1, 0.15) is 11.4 Å². The van der Waals surface area contributed by atoms with Crippen LogP contribution in [0.3, 0.4) is 0 Å². The molecule has 0 aromatic heterocycles. The van der Waals surface area contributed by atoms with Gasteiger partial charge in [-0.25, -0.2) is 4.79 Å². The molecule has 2 N–H and O–H groups in total. The maximum atomic E-state index is 12.3. The van der Waals surface area contributed by atoms with Crippen LogP contribution in [0.4, 0.5) is 5.69 Å². The van der Waals surface area contributed by atoms with E-state index in [0.717, 1.165) is 31.6 Å². The number of ether oxygens (including phenoxy) is 2. The number of hydrogen-bond donors (Lipinski definition) is 1. The van der Waals surface area contributed by atoms with E-state index >= 15 is 0 Å². The zero-order valence-corrected chi connectivity index (χ0v) is 15.5. The molecule has 1 aromatic carbocycles. The van der Waals surface area contributed by atoms with Crippen LogP contribution in [-0.4, -0.2) is 36.3 Å². The number of hydrogen-bond acceptors (Lipinski definition) is 5. The lowest BCUT2D eigenvalue weighted by atomic mass is 10.1. The van der Waals surface area contributed by atoms with Gasteiger partial charge in [0.25, 0.3) is 0 Å². The van der Waals surface area contributed by atoms with Crippen LogP contribution >= 0.6 is 0 Å². The van der Waals surface area contributed by atoms with Crippen molar-refractivity contribution in [2.45, 2.75) is 64.7 Å². The van der Waals surface area contributed by atoms with E-state index in [2.05, 4.69) is 4.90 Å². The first-order valence-corrected chi connectivity index (χ1v) is 8.60. The summed E-state index contributed by atoms with van der Waals surface area (Å²) in [6, 6.07) is 8.02. The van der Waals surface area contributed by atoms with Crippen molar-refractivity contribution in [2.75, 3.05) is 18.0 Å². The Kier molecular flexibility index (Phi) is 5.43. The number of benzene rings is 1. The number of anilines is 1. The molecule has 0 aliphatic carbocycles. The Labute approximate surface area is 145 Å². The molecule has 134 valence electrons. The molecule has 0 bridgehead atoms. The Morgan fingerprint density at radius 1 is 1.25 bits per heavy atom. The molecule has 1 saturated heterocycles. The number of carbonyl (C=O) groups excluding carboxylic acids is 1. The third-order valence-corrected chi connectivity index (χ3v) is 3.90. The van der Waals surface area contributed by atoms with Crippen LogP contribution in [0.15, 0.2) is 24.3 Å². The van der Waals surface area contributed by atoms with Gasteiger partial charge < -0.3 is 20.1 Å². The van der Waals surface area contributed by atoms with Gasteiger partial charge in [0.15, 0.2) is 5.60 Å². The predicted octanol–water partition coefficient (Wildman–Crippen LogP) is 3.11. The van der Waals surface area contributed by atoms with Crippen molar-refractivity contribution < 1.29 is 14.3 Å². The quantitative estimate of drug-likeness (QED) is 0.857. The summed E-state index contributed by atoms with van der Waals surface area (Å²) in [5.74, 6) is 0.280. The minimum absolute atomic E-state index is 0.210. The monoisotopic (exact) mass is 334 g/mol. The lowest BCUT2D eigenvalue weighted by molar-refractivity contribution is -0.170. The van der Waals surface area contributed by atoms with Crippen LogP contribution in [-0.2, 0) is 9.53 Å². The third kappa shape index (κ3) is 5.13.